The molecule has 0 bridgehead atoms. The summed E-state index contributed by atoms with van der Waals surface area (Å²) in [5, 5.41) is 1.04. The first-order valence-corrected chi connectivity index (χ1v) is 17.0. The van der Waals surface area contributed by atoms with Gasteiger partial charge >= 0.3 is 0 Å². The minimum atomic E-state index is -2.09. The Morgan fingerprint density at radius 3 is 2.17 bits per heavy atom. The summed E-state index contributed by atoms with van der Waals surface area (Å²) in [6.07, 6.45) is 6.53. The minimum Gasteiger partial charge on any atom is -0.557 e. The number of aryl methyl sites for hydroxylation is 3. The molecule has 5 heteroatoms. The molecule has 6 aromatic carbocycles. The first kappa shape index (κ1) is 30.9. The number of fused-ring (bicyclic) bond motifs is 2. The van der Waals surface area contributed by atoms with Crippen molar-refractivity contribution in [1.29, 1.82) is 0 Å². The van der Waals surface area contributed by atoms with Gasteiger partial charge in [0.2, 0.25) is 0 Å². The van der Waals surface area contributed by atoms with Gasteiger partial charge in [0.15, 0.2) is 0 Å². The number of aromatic nitrogens is 3. The molecule has 0 unspecified atom stereocenters. The quantitative estimate of drug-likeness (QED) is 0.150. The number of hydrogen-bond acceptors (Lipinski definition) is 3. The molecule has 0 saturated heterocycles. The zero-order valence-electron chi connectivity index (χ0n) is 31.2. The second-order valence-corrected chi connectivity index (χ2v) is 12.3. The van der Waals surface area contributed by atoms with Crippen molar-refractivity contribution in [3.63, 3.8) is 0 Å². The zero-order chi connectivity index (χ0) is 36.9. The van der Waals surface area contributed by atoms with Gasteiger partial charge in [-0.15, -0.1) is 35.9 Å². The van der Waals surface area contributed by atoms with E-state index in [9.17, 15) is 0 Å². The molecule has 0 aliphatic carbocycles. The maximum Gasteiger partial charge on any atom is 0.0774 e. The standard InChI is InChI=1S/C35H25N2O.C12H10N.Ir/c1-3-9-25(10-4-1)15-16-26-17-22-34-30(23-26)31(24-38-34)35-36-32-13-7-8-14-33(32)37(35)29-20-18-28(19-21-29)27-11-5-2-6-12-27;1-10-7-8-12(13-9-10)11-5-3-2-4-6-11;/h1-14,17-23H,15-16H2;2-5,7-9H,1H3;/q2*-1;/i;1D3;. The van der Waals surface area contributed by atoms with Crippen LogP contribution in [0.1, 0.15) is 20.8 Å². The summed E-state index contributed by atoms with van der Waals surface area (Å²) < 4.78 is 29.8. The third-order valence-corrected chi connectivity index (χ3v) is 8.89. The Kier molecular flexibility index (Phi) is 9.51. The van der Waals surface area contributed by atoms with Crippen LogP contribution in [0, 0.1) is 19.2 Å². The molecular weight excluding hydrogens is 815 g/mol. The molecular formula is C47H35IrN3O-2. The van der Waals surface area contributed by atoms with E-state index >= 15 is 0 Å². The number of para-hydroxylation sites is 2. The maximum absolute atomic E-state index is 7.23. The molecule has 3 heterocycles. The Balaban J connectivity index is 0.000000231. The van der Waals surface area contributed by atoms with Gasteiger partial charge in [-0.25, -0.2) is 0 Å². The monoisotopic (exact) mass is 853 g/mol. The van der Waals surface area contributed by atoms with E-state index in [0.29, 0.717) is 0 Å². The van der Waals surface area contributed by atoms with E-state index in [4.69, 9.17) is 13.5 Å². The number of furan rings is 1. The van der Waals surface area contributed by atoms with Crippen LogP contribution < -0.4 is 0 Å². The second-order valence-electron chi connectivity index (χ2n) is 12.3. The molecule has 0 aliphatic rings. The van der Waals surface area contributed by atoms with Gasteiger partial charge in [-0.2, -0.15) is 0 Å². The molecule has 0 aliphatic heterocycles. The van der Waals surface area contributed by atoms with Gasteiger partial charge in [0.25, 0.3) is 0 Å². The van der Waals surface area contributed by atoms with Crippen LogP contribution in [0.25, 0.3) is 61.5 Å². The average Bonchev–Trinajstić information content (AvgIpc) is 3.82. The summed E-state index contributed by atoms with van der Waals surface area (Å²) in [5.74, 6) is 0.831. The van der Waals surface area contributed by atoms with Gasteiger partial charge in [-0.1, -0.05) is 132 Å². The van der Waals surface area contributed by atoms with Gasteiger partial charge < -0.3 is 14.0 Å². The largest absolute Gasteiger partial charge is 0.557 e. The Morgan fingerprint density at radius 2 is 1.42 bits per heavy atom. The normalized spacial score (nSPS) is 11.9. The minimum absolute atomic E-state index is 0. The van der Waals surface area contributed by atoms with Crippen molar-refractivity contribution >= 4 is 22.0 Å². The van der Waals surface area contributed by atoms with Crippen LogP contribution in [0.5, 0.6) is 0 Å². The Hall–Kier alpha value is -5.87. The topological polar surface area (TPSA) is 43.9 Å². The second kappa shape index (κ2) is 16.0. The van der Waals surface area contributed by atoms with E-state index in [0.717, 1.165) is 63.2 Å². The number of imidazole rings is 1. The molecule has 0 spiro atoms. The summed E-state index contributed by atoms with van der Waals surface area (Å²) in [6.45, 7) is -2.09. The summed E-state index contributed by atoms with van der Waals surface area (Å²) >= 11 is 0. The van der Waals surface area contributed by atoms with Crippen LogP contribution >= 0.6 is 0 Å². The van der Waals surface area contributed by atoms with Crippen LogP contribution in [-0.2, 0) is 32.9 Å². The van der Waals surface area contributed by atoms with Crippen LogP contribution in [0.3, 0.4) is 0 Å². The first-order valence-electron chi connectivity index (χ1n) is 18.5. The molecule has 9 rings (SSSR count). The van der Waals surface area contributed by atoms with Gasteiger partial charge in [0.1, 0.15) is 0 Å². The molecule has 1 radical (unpaired) electrons. The van der Waals surface area contributed by atoms with Crippen molar-refractivity contribution in [3.05, 3.63) is 199 Å². The summed E-state index contributed by atoms with van der Waals surface area (Å²) in [7, 11) is 0. The van der Waals surface area contributed by atoms with Gasteiger partial charge in [0, 0.05) is 47.9 Å². The van der Waals surface area contributed by atoms with Crippen LogP contribution in [0.15, 0.2) is 174 Å². The first-order chi connectivity index (χ1) is 26.4. The number of hydrogen-bond donors (Lipinski definition) is 0. The SMILES string of the molecule is [2H]C([2H])([2H])c1ccc(-c2[c-]cccc2)nc1.[Ir].[c-]1oc2ccc(CCc3ccccc3)cc2c1-c1nc2ccccc2n1-c1ccc(-c2ccccc2)cc1. The van der Waals surface area contributed by atoms with Gasteiger partial charge in [-0.3, -0.25) is 4.98 Å². The molecule has 0 saturated carbocycles. The Morgan fingerprint density at radius 1 is 0.692 bits per heavy atom. The number of benzene rings is 6. The number of pyridine rings is 1. The summed E-state index contributed by atoms with van der Waals surface area (Å²) in [6, 6.07) is 58.2. The average molecular weight is 853 g/mol. The summed E-state index contributed by atoms with van der Waals surface area (Å²) in [4.78, 5) is 9.18. The predicted molar refractivity (Wildman–Crippen MR) is 208 cm³/mol. The molecule has 0 N–H and O–H groups in total. The van der Waals surface area contributed by atoms with Crippen molar-refractivity contribution in [2.75, 3.05) is 0 Å². The summed E-state index contributed by atoms with van der Waals surface area (Å²) in [5.41, 5.74) is 11.6. The number of nitrogens with zero attached hydrogens (tertiary/aromatic N) is 3. The fraction of sp³-hybridized carbons (Fsp3) is 0.0638. The molecule has 52 heavy (non-hydrogen) atoms. The predicted octanol–water partition coefficient (Wildman–Crippen LogP) is 11.5. The van der Waals surface area contributed by atoms with Crippen molar-refractivity contribution in [2.24, 2.45) is 0 Å². The van der Waals surface area contributed by atoms with E-state index in [-0.39, 0.29) is 25.7 Å². The zero-order valence-corrected chi connectivity index (χ0v) is 30.6. The molecule has 4 nitrogen and oxygen atoms in total. The van der Waals surface area contributed by atoms with Crippen LogP contribution in [0.2, 0.25) is 0 Å². The fourth-order valence-electron chi connectivity index (χ4n) is 6.27. The third kappa shape index (κ3) is 7.57. The molecule has 0 fully saturated rings. The maximum atomic E-state index is 7.23. The molecule has 9 aromatic rings. The van der Waals surface area contributed by atoms with Crippen molar-refractivity contribution < 1.29 is 28.6 Å². The third-order valence-electron chi connectivity index (χ3n) is 8.89. The van der Waals surface area contributed by atoms with Crippen molar-refractivity contribution in [2.45, 2.75) is 19.7 Å². The van der Waals surface area contributed by atoms with Crippen LogP contribution in [-0.4, -0.2) is 14.5 Å². The number of rotatable bonds is 7. The molecule has 255 valence electrons. The molecule has 0 atom stereocenters. The smallest absolute Gasteiger partial charge is 0.0774 e. The fourth-order valence-corrected chi connectivity index (χ4v) is 6.27. The van der Waals surface area contributed by atoms with E-state index < -0.39 is 6.85 Å². The van der Waals surface area contributed by atoms with E-state index in [2.05, 4.69) is 137 Å². The Labute approximate surface area is 322 Å². The van der Waals surface area contributed by atoms with Crippen molar-refractivity contribution in [1.82, 2.24) is 14.5 Å². The van der Waals surface area contributed by atoms with Gasteiger partial charge in [0.05, 0.1) is 16.9 Å². The van der Waals surface area contributed by atoms with Crippen molar-refractivity contribution in [3.8, 4) is 39.5 Å². The van der Waals surface area contributed by atoms with E-state index in [1.165, 1.54) is 28.5 Å². The van der Waals surface area contributed by atoms with E-state index in [1.54, 1.807) is 18.2 Å². The molecule has 3 aromatic heterocycles. The van der Waals surface area contributed by atoms with Crippen LogP contribution in [0.4, 0.5) is 0 Å². The van der Waals surface area contributed by atoms with Gasteiger partial charge in [-0.05, 0) is 71.9 Å². The molecule has 0 amide bonds. The van der Waals surface area contributed by atoms with E-state index in [1.807, 2.05) is 30.3 Å². The Bertz CT molecular complexity index is 2620.